The van der Waals surface area contributed by atoms with Crippen molar-refractivity contribution in [1.82, 2.24) is 4.98 Å². The zero-order valence-corrected chi connectivity index (χ0v) is 12.3. The van der Waals surface area contributed by atoms with E-state index in [1.165, 1.54) is 27.7 Å². The van der Waals surface area contributed by atoms with Gasteiger partial charge in [-0.05, 0) is 42.3 Å². The maximum absolute atomic E-state index is 3.56. The summed E-state index contributed by atoms with van der Waals surface area (Å²) in [4.78, 5) is 3.24. The van der Waals surface area contributed by atoms with Gasteiger partial charge in [0, 0.05) is 33.8 Å². The highest BCUT2D eigenvalue weighted by atomic mass is 79.9. The number of anilines is 1. The Morgan fingerprint density at radius 2 is 1.95 bits per heavy atom. The number of rotatable bonds is 3. The van der Waals surface area contributed by atoms with Crippen LogP contribution >= 0.6 is 15.9 Å². The fourth-order valence-corrected chi connectivity index (χ4v) is 2.66. The molecule has 19 heavy (non-hydrogen) atoms. The van der Waals surface area contributed by atoms with Crippen molar-refractivity contribution < 1.29 is 0 Å². The largest absolute Gasteiger partial charge is 0.381 e. The third-order valence-electron chi connectivity index (χ3n) is 3.42. The lowest BCUT2D eigenvalue weighted by atomic mass is 10.1. The summed E-state index contributed by atoms with van der Waals surface area (Å²) < 4.78 is 1.14. The van der Waals surface area contributed by atoms with Crippen LogP contribution in [0.15, 0.2) is 53.1 Å². The average molecular weight is 315 g/mol. The number of nitrogens with one attached hydrogen (secondary N) is 2. The fraction of sp³-hybridized carbons (Fsp3) is 0.125. The number of benzene rings is 2. The predicted octanol–water partition coefficient (Wildman–Crippen LogP) is 4.85. The Balaban J connectivity index is 1.86. The molecule has 2 N–H and O–H groups in total. The highest BCUT2D eigenvalue weighted by molar-refractivity contribution is 9.10. The maximum Gasteiger partial charge on any atom is 0.0457 e. The van der Waals surface area contributed by atoms with E-state index >= 15 is 0 Å². The van der Waals surface area contributed by atoms with Gasteiger partial charge in [0.15, 0.2) is 0 Å². The molecule has 0 saturated heterocycles. The standard InChI is InChI=1S/C16H15BrN2/c1-11-14(17)5-3-6-15(11)19-10-12-4-2-7-16-13(12)8-9-18-16/h2-9,18-19H,10H2,1H3. The Labute approximate surface area is 121 Å². The van der Waals surface area contributed by atoms with E-state index in [-0.39, 0.29) is 0 Å². The average Bonchev–Trinajstić information content (AvgIpc) is 2.89. The summed E-state index contributed by atoms with van der Waals surface area (Å²) in [5.41, 5.74) is 4.90. The van der Waals surface area contributed by atoms with Crippen molar-refractivity contribution in [3.05, 3.63) is 64.3 Å². The van der Waals surface area contributed by atoms with Crippen LogP contribution in [0.1, 0.15) is 11.1 Å². The quantitative estimate of drug-likeness (QED) is 0.710. The molecule has 0 unspecified atom stereocenters. The molecule has 1 heterocycles. The molecular formula is C16H15BrN2. The zero-order chi connectivity index (χ0) is 13.2. The van der Waals surface area contributed by atoms with Crippen molar-refractivity contribution in [2.75, 3.05) is 5.32 Å². The predicted molar refractivity (Wildman–Crippen MR) is 84.5 cm³/mol. The number of hydrogen-bond acceptors (Lipinski definition) is 1. The van der Waals surface area contributed by atoms with Crippen molar-refractivity contribution in [2.45, 2.75) is 13.5 Å². The molecule has 0 radical (unpaired) electrons. The smallest absolute Gasteiger partial charge is 0.0457 e. The van der Waals surface area contributed by atoms with Crippen molar-refractivity contribution in [3.8, 4) is 0 Å². The minimum absolute atomic E-state index is 0.826. The van der Waals surface area contributed by atoms with Crippen molar-refractivity contribution in [3.63, 3.8) is 0 Å². The normalized spacial score (nSPS) is 10.8. The van der Waals surface area contributed by atoms with Crippen LogP contribution in [0.3, 0.4) is 0 Å². The highest BCUT2D eigenvalue weighted by Gasteiger charge is 2.04. The topological polar surface area (TPSA) is 27.8 Å². The summed E-state index contributed by atoms with van der Waals surface area (Å²) in [6.45, 7) is 2.94. The molecule has 0 aliphatic heterocycles. The maximum atomic E-state index is 3.56. The number of aromatic amines is 1. The van der Waals surface area contributed by atoms with Gasteiger partial charge in [0.2, 0.25) is 0 Å². The number of H-pyrrole nitrogens is 1. The van der Waals surface area contributed by atoms with Gasteiger partial charge < -0.3 is 10.3 Å². The second kappa shape index (κ2) is 5.10. The van der Waals surface area contributed by atoms with E-state index in [1.807, 2.05) is 6.20 Å². The van der Waals surface area contributed by atoms with E-state index in [9.17, 15) is 0 Å². The van der Waals surface area contributed by atoms with E-state index < -0.39 is 0 Å². The van der Waals surface area contributed by atoms with Gasteiger partial charge in [-0.15, -0.1) is 0 Å². The second-order valence-corrected chi connectivity index (χ2v) is 5.48. The summed E-state index contributed by atoms with van der Waals surface area (Å²) in [6, 6.07) is 14.7. The highest BCUT2D eigenvalue weighted by Crippen LogP contribution is 2.25. The van der Waals surface area contributed by atoms with Gasteiger partial charge in [0.25, 0.3) is 0 Å². The SMILES string of the molecule is Cc1c(Br)cccc1NCc1cccc2[nH]ccc12. The Morgan fingerprint density at radius 3 is 2.84 bits per heavy atom. The Bertz CT molecular complexity index is 716. The van der Waals surface area contributed by atoms with Gasteiger partial charge in [-0.3, -0.25) is 0 Å². The molecule has 1 aromatic heterocycles. The summed E-state index contributed by atoms with van der Waals surface area (Å²) in [5, 5.41) is 4.79. The van der Waals surface area contributed by atoms with Crippen molar-refractivity contribution >= 4 is 32.5 Å². The third kappa shape index (κ3) is 2.38. The summed E-state index contributed by atoms with van der Waals surface area (Å²) in [6.07, 6.45) is 1.98. The van der Waals surface area contributed by atoms with Gasteiger partial charge in [-0.1, -0.05) is 34.1 Å². The van der Waals surface area contributed by atoms with Crippen LogP contribution in [0.5, 0.6) is 0 Å². The lowest BCUT2D eigenvalue weighted by Gasteiger charge is -2.11. The van der Waals surface area contributed by atoms with Gasteiger partial charge in [0.05, 0.1) is 0 Å². The number of aromatic nitrogens is 1. The van der Waals surface area contributed by atoms with E-state index in [0.717, 1.165) is 11.0 Å². The van der Waals surface area contributed by atoms with Gasteiger partial charge in [-0.2, -0.15) is 0 Å². The molecule has 0 fully saturated rings. The molecule has 0 aliphatic rings. The molecule has 0 bridgehead atoms. The molecule has 2 aromatic carbocycles. The molecule has 3 heteroatoms. The monoisotopic (exact) mass is 314 g/mol. The molecule has 0 aliphatic carbocycles. The van der Waals surface area contributed by atoms with E-state index in [2.05, 4.69) is 75.6 Å². The molecule has 0 spiro atoms. The van der Waals surface area contributed by atoms with Crippen LogP contribution in [-0.4, -0.2) is 4.98 Å². The first-order chi connectivity index (χ1) is 9.25. The Morgan fingerprint density at radius 1 is 1.11 bits per heavy atom. The molecule has 0 amide bonds. The van der Waals surface area contributed by atoms with Crippen molar-refractivity contribution in [2.24, 2.45) is 0 Å². The van der Waals surface area contributed by atoms with E-state index in [1.54, 1.807) is 0 Å². The molecule has 3 rings (SSSR count). The number of fused-ring (bicyclic) bond motifs is 1. The lowest BCUT2D eigenvalue weighted by Crippen LogP contribution is -2.01. The van der Waals surface area contributed by atoms with Crippen LogP contribution in [0, 0.1) is 6.92 Å². The Hall–Kier alpha value is -1.74. The molecule has 3 aromatic rings. The zero-order valence-electron chi connectivity index (χ0n) is 10.7. The minimum atomic E-state index is 0.826. The van der Waals surface area contributed by atoms with Crippen LogP contribution in [-0.2, 0) is 6.54 Å². The number of hydrogen-bond donors (Lipinski definition) is 2. The molecule has 2 nitrogen and oxygen atoms in total. The van der Waals surface area contributed by atoms with Crippen LogP contribution < -0.4 is 5.32 Å². The summed E-state index contributed by atoms with van der Waals surface area (Å²) in [5.74, 6) is 0. The lowest BCUT2D eigenvalue weighted by molar-refractivity contribution is 1.15. The Kier molecular flexibility index (Phi) is 3.30. The summed E-state index contributed by atoms with van der Waals surface area (Å²) in [7, 11) is 0. The first-order valence-corrected chi connectivity index (χ1v) is 7.09. The second-order valence-electron chi connectivity index (χ2n) is 4.62. The molecule has 0 saturated carbocycles. The van der Waals surface area contributed by atoms with E-state index in [0.29, 0.717) is 0 Å². The molecule has 0 atom stereocenters. The molecule has 96 valence electrons. The van der Waals surface area contributed by atoms with Gasteiger partial charge >= 0.3 is 0 Å². The van der Waals surface area contributed by atoms with Gasteiger partial charge in [-0.25, -0.2) is 0 Å². The molecular weight excluding hydrogens is 300 g/mol. The third-order valence-corrected chi connectivity index (χ3v) is 4.28. The first kappa shape index (κ1) is 12.3. The van der Waals surface area contributed by atoms with Gasteiger partial charge in [0.1, 0.15) is 0 Å². The first-order valence-electron chi connectivity index (χ1n) is 6.29. The van der Waals surface area contributed by atoms with E-state index in [4.69, 9.17) is 0 Å². The van der Waals surface area contributed by atoms with Crippen LogP contribution in [0.4, 0.5) is 5.69 Å². The summed E-state index contributed by atoms with van der Waals surface area (Å²) >= 11 is 3.56. The van der Waals surface area contributed by atoms with Crippen LogP contribution in [0.2, 0.25) is 0 Å². The minimum Gasteiger partial charge on any atom is -0.381 e. The fourth-order valence-electron chi connectivity index (χ4n) is 2.29. The van der Waals surface area contributed by atoms with Crippen LogP contribution in [0.25, 0.3) is 10.9 Å². The van der Waals surface area contributed by atoms with Crippen molar-refractivity contribution in [1.29, 1.82) is 0 Å². The number of halogens is 1.